The Kier molecular flexibility index (Phi) is 6.68. The minimum Gasteiger partial charge on any atom is -0.481 e. The second-order valence-corrected chi connectivity index (χ2v) is 11.0. The van der Waals surface area contributed by atoms with Gasteiger partial charge in [-0.05, 0) is 38.5 Å². The SMILES string of the molecule is C=CCN(C(=O)C1N(CCCCO)C(=O)[C@@H]2[C@@H](C(=O)O)[C@H]3CCC12S3)C1CCCCC1. The van der Waals surface area contributed by atoms with E-state index in [0.29, 0.717) is 32.4 Å². The van der Waals surface area contributed by atoms with Gasteiger partial charge < -0.3 is 20.0 Å². The van der Waals surface area contributed by atoms with E-state index in [9.17, 15) is 24.6 Å². The van der Waals surface area contributed by atoms with Crippen LogP contribution in [-0.2, 0) is 14.4 Å². The normalized spacial score (nSPS) is 34.7. The van der Waals surface area contributed by atoms with Crippen LogP contribution in [0, 0.1) is 11.8 Å². The lowest BCUT2D eigenvalue weighted by molar-refractivity contribution is -0.148. The van der Waals surface area contributed by atoms with Crippen LogP contribution in [0.25, 0.3) is 0 Å². The molecule has 2 bridgehead atoms. The van der Waals surface area contributed by atoms with E-state index < -0.39 is 28.6 Å². The number of carbonyl (C=O) groups is 3. The van der Waals surface area contributed by atoms with Crippen molar-refractivity contribution in [2.75, 3.05) is 19.7 Å². The summed E-state index contributed by atoms with van der Waals surface area (Å²) in [6, 6.07) is -0.465. The highest BCUT2D eigenvalue weighted by molar-refractivity contribution is 8.02. The number of hydrogen-bond acceptors (Lipinski definition) is 5. The summed E-state index contributed by atoms with van der Waals surface area (Å²) in [5.74, 6) is -2.48. The predicted molar refractivity (Wildman–Crippen MR) is 119 cm³/mol. The van der Waals surface area contributed by atoms with Gasteiger partial charge in [-0.15, -0.1) is 18.3 Å². The zero-order chi connectivity index (χ0) is 22.2. The van der Waals surface area contributed by atoms with Crippen molar-refractivity contribution in [2.24, 2.45) is 11.8 Å². The quantitative estimate of drug-likeness (QED) is 0.413. The minimum atomic E-state index is -0.920. The van der Waals surface area contributed by atoms with Crippen LogP contribution in [0.5, 0.6) is 0 Å². The Hall–Kier alpha value is -1.54. The fourth-order valence-corrected chi connectivity index (χ4v) is 8.66. The molecule has 1 spiro atoms. The lowest BCUT2D eigenvalue weighted by Crippen LogP contribution is -2.57. The monoisotopic (exact) mass is 450 g/mol. The topological polar surface area (TPSA) is 98.2 Å². The molecule has 2 amide bonds. The molecule has 1 aliphatic carbocycles. The smallest absolute Gasteiger partial charge is 0.308 e. The van der Waals surface area contributed by atoms with Crippen LogP contribution in [0.2, 0.25) is 0 Å². The number of aliphatic carboxylic acids is 1. The summed E-state index contributed by atoms with van der Waals surface area (Å²) >= 11 is 1.59. The molecule has 31 heavy (non-hydrogen) atoms. The van der Waals surface area contributed by atoms with E-state index >= 15 is 0 Å². The first-order valence-electron chi connectivity index (χ1n) is 11.7. The molecule has 4 rings (SSSR count). The van der Waals surface area contributed by atoms with Crippen LogP contribution in [0.4, 0.5) is 0 Å². The summed E-state index contributed by atoms with van der Waals surface area (Å²) in [7, 11) is 0. The Morgan fingerprint density at radius 1 is 1.23 bits per heavy atom. The number of hydrogen-bond donors (Lipinski definition) is 2. The van der Waals surface area contributed by atoms with Crippen LogP contribution < -0.4 is 0 Å². The molecular formula is C23H34N2O5S. The number of rotatable bonds is 9. The third-order valence-electron chi connectivity index (χ3n) is 7.75. The Morgan fingerprint density at radius 2 is 1.97 bits per heavy atom. The van der Waals surface area contributed by atoms with Crippen molar-refractivity contribution in [1.29, 1.82) is 0 Å². The van der Waals surface area contributed by atoms with E-state index in [1.165, 1.54) is 6.42 Å². The molecule has 3 saturated heterocycles. The number of fused-ring (bicyclic) bond motifs is 1. The van der Waals surface area contributed by atoms with Gasteiger partial charge in [0.15, 0.2) is 0 Å². The van der Waals surface area contributed by atoms with Crippen LogP contribution in [-0.4, -0.2) is 79.6 Å². The molecule has 0 aromatic heterocycles. The van der Waals surface area contributed by atoms with E-state index in [0.717, 1.165) is 32.1 Å². The number of unbranched alkanes of at least 4 members (excludes halogenated alkanes) is 1. The Morgan fingerprint density at radius 3 is 2.61 bits per heavy atom. The zero-order valence-electron chi connectivity index (χ0n) is 18.1. The minimum absolute atomic E-state index is 0.0362. The highest BCUT2D eigenvalue weighted by atomic mass is 32.2. The fourth-order valence-electron chi connectivity index (χ4n) is 6.46. The molecule has 0 aromatic rings. The van der Waals surface area contributed by atoms with E-state index in [4.69, 9.17) is 0 Å². The number of aliphatic hydroxyl groups excluding tert-OH is 1. The molecule has 2 N–H and O–H groups in total. The summed E-state index contributed by atoms with van der Waals surface area (Å²) < 4.78 is -0.644. The Bertz CT molecular complexity index is 739. The van der Waals surface area contributed by atoms with Gasteiger partial charge in [0.25, 0.3) is 0 Å². The standard InChI is InChI=1S/C23H34N2O5S/c1-2-12-24(15-8-4-3-5-9-15)21(28)19-23-11-10-16(31-23)17(22(29)30)18(23)20(27)25(19)13-6-7-14-26/h2,15-19,26H,1,3-14H2,(H,29,30)/t16-,17+,18+,19?,23?/m1/s1. The van der Waals surface area contributed by atoms with Crippen LogP contribution in [0.3, 0.4) is 0 Å². The summed E-state index contributed by atoms with van der Waals surface area (Å²) in [5, 5.41) is 19.0. The van der Waals surface area contributed by atoms with Crippen molar-refractivity contribution in [1.82, 2.24) is 9.80 Å². The number of aliphatic hydroxyl groups is 1. The number of nitrogens with zero attached hydrogens (tertiary/aromatic N) is 2. The second kappa shape index (κ2) is 9.14. The highest BCUT2D eigenvalue weighted by Crippen LogP contribution is 2.66. The lowest BCUT2D eigenvalue weighted by atomic mass is 9.71. The van der Waals surface area contributed by atoms with Gasteiger partial charge in [0.2, 0.25) is 11.8 Å². The van der Waals surface area contributed by atoms with Gasteiger partial charge in [-0.3, -0.25) is 14.4 Å². The number of likely N-dealkylation sites (tertiary alicyclic amines) is 1. The van der Waals surface area contributed by atoms with Crippen LogP contribution in [0.1, 0.15) is 57.8 Å². The first kappa shape index (κ1) is 22.6. The molecule has 4 fully saturated rings. The molecule has 2 unspecified atom stereocenters. The molecule has 8 heteroatoms. The van der Waals surface area contributed by atoms with Crippen molar-refractivity contribution in [3.8, 4) is 0 Å². The second-order valence-electron chi connectivity index (χ2n) is 9.43. The van der Waals surface area contributed by atoms with Crippen molar-refractivity contribution in [3.63, 3.8) is 0 Å². The van der Waals surface area contributed by atoms with Gasteiger partial charge in [-0.1, -0.05) is 25.3 Å². The zero-order valence-corrected chi connectivity index (χ0v) is 18.9. The maximum absolute atomic E-state index is 14.1. The first-order chi connectivity index (χ1) is 15.0. The molecule has 172 valence electrons. The van der Waals surface area contributed by atoms with Crippen molar-refractivity contribution in [3.05, 3.63) is 12.7 Å². The molecule has 3 aliphatic heterocycles. The Balaban J connectivity index is 1.69. The molecule has 1 saturated carbocycles. The van der Waals surface area contributed by atoms with E-state index in [1.54, 1.807) is 22.7 Å². The average molecular weight is 451 g/mol. The first-order valence-corrected chi connectivity index (χ1v) is 12.6. The van der Waals surface area contributed by atoms with Gasteiger partial charge >= 0.3 is 5.97 Å². The molecule has 4 aliphatic rings. The maximum atomic E-state index is 14.1. The number of carboxylic acid groups (broad SMARTS) is 1. The van der Waals surface area contributed by atoms with Crippen LogP contribution in [0.15, 0.2) is 12.7 Å². The molecule has 5 atom stereocenters. The summed E-state index contributed by atoms with van der Waals surface area (Å²) in [5.41, 5.74) is 0. The van der Waals surface area contributed by atoms with Gasteiger partial charge in [-0.25, -0.2) is 0 Å². The van der Waals surface area contributed by atoms with Gasteiger partial charge in [0.1, 0.15) is 6.04 Å². The highest BCUT2D eigenvalue weighted by Gasteiger charge is 2.74. The predicted octanol–water partition coefficient (Wildman–Crippen LogP) is 2.28. The van der Waals surface area contributed by atoms with Gasteiger partial charge in [0, 0.05) is 31.0 Å². The van der Waals surface area contributed by atoms with E-state index in [1.807, 2.05) is 4.90 Å². The molecule has 0 aromatic carbocycles. The maximum Gasteiger partial charge on any atom is 0.308 e. The van der Waals surface area contributed by atoms with E-state index in [2.05, 4.69) is 6.58 Å². The van der Waals surface area contributed by atoms with Crippen molar-refractivity contribution >= 4 is 29.5 Å². The number of amides is 2. The summed E-state index contributed by atoms with van der Waals surface area (Å²) in [6.45, 7) is 4.74. The molecular weight excluding hydrogens is 416 g/mol. The number of carbonyl (C=O) groups excluding carboxylic acids is 2. The molecule has 3 heterocycles. The van der Waals surface area contributed by atoms with Crippen molar-refractivity contribution < 1.29 is 24.6 Å². The average Bonchev–Trinajstić information content (AvgIpc) is 3.40. The van der Waals surface area contributed by atoms with E-state index in [-0.39, 0.29) is 29.7 Å². The third kappa shape index (κ3) is 3.69. The molecule has 7 nitrogen and oxygen atoms in total. The largest absolute Gasteiger partial charge is 0.481 e. The fraction of sp³-hybridized carbons (Fsp3) is 0.783. The number of thioether (sulfide) groups is 1. The summed E-state index contributed by atoms with van der Waals surface area (Å²) in [6.07, 6.45) is 9.68. The van der Waals surface area contributed by atoms with Gasteiger partial charge in [0.05, 0.1) is 16.6 Å². The van der Waals surface area contributed by atoms with Gasteiger partial charge in [-0.2, -0.15) is 0 Å². The lowest BCUT2D eigenvalue weighted by Gasteiger charge is -2.41. The van der Waals surface area contributed by atoms with Crippen molar-refractivity contribution in [2.45, 2.75) is 79.9 Å². The third-order valence-corrected chi connectivity index (χ3v) is 9.70. The van der Waals surface area contributed by atoms with Crippen LogP contribution >= 0.6 is 11.8 Å². The number of carboxylic acids is 1. The summed E-state index contributed by atoms with van der Waals surface area (Å²) in [4.78, 5) is 43.3. The Labute approximate surface area is 188 Å². The molecule has 0 radical (unpaired) electrons.